The van der Waals surface area contributed by atoms with Crippen LogP contribution >= 0.6 is 0 Å². The molecule has 0 saturated heterocycles. The number of methoxy groups -OCH3 is 1. The Balaban J connectivity index is 2.02. The summed E-state index contributed by atoms with van der Waals surface area (Å²) >= 11 is 0. The summed E-state index contributed by atoms with van der Waals surface area (Å²) in [5.74, 6) is -0.954. The third-order valence-corrected chi connectivity index (χ3v) is 4.52. The van der Waals surface area contributed by atoms with Crippen LogP contribution in [0.15, 0.2) is 48.5 Å². The number of carbonyl (C=O) groups excluding carboxylic acids is 2. The quantitative estimate of drug-likeness (QED) is 0.670. The number of rotatable bonds is 5. The van der Waals surface area contributed by atoms with Gasteiger partial charge in [0.05, 0.1) is 18.7 Å². The summed E-state index contributed by atoms with van der Waals surface area (Å²) in [6.45, 7) is 3.94. The van der Waals surface area contributed by atoms with Crippen molar-refractivity contribution < 1.29 is 14.3 Å². The van der Waals surface area contributed by atoms with Crippen LogP contribution in [0.3, 0.4) is 0 Å². The summed E-state index contributed by atoms with van der Waals surface area (Å²) in [7, 11) is 1.32. The van der Waals surface area contributed by atoms with Gasteiger partial charge < -0.3 is 15.0 Å². The normalized spacial score (nSPS) is 12.0. The van der Waals surface area contributed by atoms with E-state index in [4.69, 9.17) is 4.74 Å². The number of benzene rings is 2. The van der Waals surface area contributed by atoms with Gasteiger partial charge in [0.1, 0.15) is 5.69 Å². The lowest BCUT2D eigenvalue weighted by Crippen LogP contribution is -2.22. The highest BCUT2D eigenvalue weighted by Crippen LogP contribution is 2.31. The van der Waals surface area contributed by atoms with Gasteiger partial charge in [-0.3, -0.25) is 4.79 Å². The summed E-state index contributed by atoms with van der Waals surface area (Å²) in [6.07, 6.45) is 0.658. The second-order valence-electron chi connectivity index (χ2n) is 6.28. The number of amides is 1. The van der Waals surface area contributed by atoms with E-state index < -0.39 is 5.97 Å². The van der Waals surface area contributed by atoms with E-state index in [-0.39, 0.29) is 17.5 Å². The van der Waals surface area contributed by atoms with Crippen molar-refractivity contribution in [3.8, 4) is 0 Å². The van der Waals surface area contributed by atoms with Gasteiger partial charge in [-0.25, -0.2) is 4.79 Å². The first-order valence-electron chi connectivity index (χ1n) is 8.61. The smallest absolute Gasteiger partial charge is 0.356 e. The summed E-state index contributed by atoms with van der Waals surface area (Å²) in [5, 5.41) is 3.75. The van der Waals surface area contributed by atoms with E-state index in [9.17, 15) is 9.59 Å². The minimum atomic E-state index is -0.512. The van der Waals surface area contributed by atoms with Crippen molar-refractivity contribution in [3.63, 3.8) is 0 Å². The molecule has 5 heteroatoms. The molecular weight excluding hydrogens is 328 g/mol. The van der Waals surface area contributed by atoms with Crippen molar-refractivity contribution in [2.45, 2.75) is 26.2 Å². The maximum atomic E-state index is 13.0. The molecule has 26 heavy (non-hydrogen) atoms. The Kier molecular flexibility index (Phi) is 5.07. The molecule has 0 aliphatic carbocycles. The number of esters is 1. The topological polar surface area (TPSA) is 71.2 Å². The van der Waals surface area contributed by atoms with Crippen molar-refractivity contribution in [2.24, 2.45) is 0 Å². The van der Waals surface area contributed by atoms with E-state index in [0.717, 1.165) is 22.0 Å². The number of aromatic nitrogens is 1. The predicted molar refractivity (Wildman–Crippen MR) is 102 cm³/mol. The Morgan fingerprint density at radius 2 is 1.88 bits per heavy atom. The fourth-order valence-electron chi connectivity index (χ4n) is 3.16. The minimum Gasteiger partial charge on any atom is -0.464 e. The molecule has 0 radical (unpaired) electrons. The maximum absolute atomic E-state index is 13.0. The zero-order valence-electron chi connectivity index (χ0n) is 15.1. The predicted octanol–water partition coefficient (Wildman–Crippen LogP) is 4.40. The van der Waals surface area contributed by atoms with Crippen LogP contribution in [0.5, 0.6) is 0 Å². The van der Waals surface area contributed by atoms with Crippen molar-refractivity contribution in [3.05, 3.63) is 65.4 Å². The molecule has 0 fully saturated rings. The fourth-order valence-corrected chi connectivity index (χ4v) is 3.16. The van der Waals surface area contributed by atoms with Crippen LogP contribution in [0.1, 0.15) is 40.9 Å². The SMILES string of the molecule is CCC(C(=O)Nc1c(C(=O)OC)[nH]c2ccc(C)cc12)c1ccccc1. The lowest BCUT2D eigenvalue weighted by Gasteiger charge is -2.16. The van der Waals surface area contributed by atoms with Gasteiger partial charge in [0.2, 0.25) is 5.91 Å². The highest BCUT2D eigenvalue weighted by atomic mass is 16.5. The standard InChI is InChI=1S/C21H22N2O3/c1-4-15(14-8-6-5-7-9-14)20(24)23-18-16-12-13(2)10-11-17(16)22-19(18)21(25)26-3/h5-12,15,22H,4H2,1-3H3,(H,23,24). The van der Waals surface area contributed by atoms with Crippen LogP contribution in [-0.2, 0) is 9.53 Å². The molecule has 3 rings (SSSR count). The van der Waals surface area contributed by atoms with Crippen LogP contribution in [0.4, 0.5) is 5.69 Å². The molecule has 5 nitrogen and oxygen atoms in total. The van der Waals surface area contributed by atoms with Gasteiger partial charge in [-0.2, -0.15) is 0 Å². The van der Waals surface area contributed by atoms with Gasteiger partial charge in [-0.15, -0.1) is 0 Å². The first-order valence-corrected chi connectivity index (χ1v) is 8.61. The number of H-pyrrole nitrogens is 1. The lowest BCUT2D eigenvalue weighted by atomic mass is 9.95. The number of ether oxygens (including phenoxy) is 1. The average Bonchev–Trinajstić information content (AvgIpc) is 3.00. The van der Waals surface area contributed by atoms with Crippen molar-refractivity contribution in [1.82, 2.24) is 4.98 Å². The molecule has 0 spiro atoms. The first-order chi connectivity index (χ1) is 12.5. The second kappa shape index (κ2) is 7.44. The monoisotopic (exact) mass is 350 g/mol. The van der Waals surface area contributed by atoms with Crippen molar-refractivity contribution in [2.75, 3.05) is 12.4 Å². The number of nitrogens with one attached hydrogen (secondary N) is 2. The highest BCUT2D eigenvalue weighted by molar-refractivity contribution is 6.12. The number of fused-ring (bicyclic) bond motifs is 1. The number of aromatic amines is 1. The van der Waals surface area contributed by atoms with E-state index in [1.165, 1.54) is 7.11 Å². The molecule has 1 heterocycles. The number of carbonyl (C=O) groups is 2. The average molecular weight is 350 g/mol. The molecule has 0 bridgehead atoms. The van der Waals surface area contributed by atoms with Crippen LogP contribution < -0.4 is 5.32 Å². The minimum absolute atomic E-state index is 0.147. The molecule has 2 aromatic carbocycles. The number of hydrogen-bond donors (Lipinski definition) is 2. The molecule has 1 atom stereocenters. The van der Waals surface area contributed by atoms with Crippen molar-refractivity contribution in [1.29, 1.82) is 0 Å². The third-order valence-electron chi connectivity index (χ3n) is 4.52. The Hall–Kier alpha value is -3.08. The van der Waals surface area contributed by atoms with Crippen LogP contribution in [-0.4, -0.2) is 24.0 Å². The van der Waals surface area contributed by atoms with E-state index in [1.54, 1.807) is 0 Å². The number of aryl methyl sites for hydroxylation is 1. The summed E-state index contributed by atoms with van der Waals surface area (Å²) < 4.78 is 4.87. The van der Waals surface area contributed by atoms with E-state index in [2.05, 4.69) is 10.3 Å². The second-order valence-corrected chi connectivity index (χ2v) is 6.28. The molecule has 0 saturated carbocycles. The summed E-state index contributed by atoms with van der Waals surface area (Å²) in [4.78, 5) is 28.2. The van der Waals surface area contributed by atoms with E-state index in [1.807, 2.05) is 62.4 Å². The Bertz CT molecular complexity index is 945. The Labute approximate surface area is 152 Å². The molecule has 1 amide bonds. The molecule has 2 N–H and O–H groups in total. The number of anilines is 1. The van der Waals surface area contributed by atoms with Gasteiger partial charge >= 0.3 is 5.97 Å². The van der Waals surface area contributed by atoms with Crippen LogP contribution in [0.25, 0.3) is 10.9 Å². The van der Waals surface area contributed by atoms with Crippen LogP contribution in [0.2, 0.25) is 0 Å². The fraction of sp³-hybridized carbons (Fsp3) is 0.238. The summed E-state index contributed by atoms with van der Waals surface area (Å²) in [5.41, 5.74) is 3.49. The molecule has 1 unspecified atom stereocenters. The van der Waals surface area contributed by atoms with E-state index >= 15 is 0 Å². The van der Waals surface area contributed by atoms with Crippen LogP contribution in [0, 0.1) is 6.92 Å². The molecular formula is C21H22N2O3. The zero-order valence-corrected chi connectivity index (χ0v) is 15.1. The molecule has 3 aromatic rings. The van der Waals surface area contributed by atoms with Gasteiger partial charge in [0, 0.05) is 10.9 Å². The van der Waals surface area contributed by atoms with Gasteiger partial charge in [-0.1, -0.05) is 48.9 Å². The highest BCUT2D eigenvalue weighted by Gasteiger charge is 2.24. The van der Waals surface area contributed by atoms with Gasteiger partial charge in [0.25, 0.3) is 0 Å². The van der Waals surface area contributed by atoms with Gasteiger partial charge in [0.15, 0.2) is 0 Å². The largest absolute Gasteiger partial charge is 0.464 e. The first kappa shape index (κ1) is 17.7. The number of hydrogen-bond acceptors (Lipinski definition) is 3. The molecule has 0 aliphatic heterocycles. The van der Waals surface area contributed by atoms with Crippen molar-refractivity contribution >= 4 is 28.5 Å². The molecule has 134 valence electrons. The molecule has 1 aromatic heterocycles. The Morgan fingerprint density at radius 1 is 1.15 bits per heavy atom. The third kappa shape index (κ3) is 3.33. The molecule has 0 aliphatic rings. The van der Waals surface area contributed by atoms with E-state index in [0.29, 0.717) is 12.1 Å². The zero-order chi connectivity index (χ0) is 18.7. The van der Waals surface area contributed by atoms with Gasteiger partial charge in [-0.05, 0) is 31.0 Å². The summed E-state index contributed by atoms with van der Waals surface area (Å²) in [6, 6.07) is 15.4. The maximum Gasteiger partial charge on any atom is 0.356 e. The Morgan fingerprint density at radius 3 is 2.54 bits per heavy atom. The lowest BCUT2D eigenvalue weighted by molar-refractivity contribution is -0.117.